The first-order valence-electron chi connectivity index (χ1n) is 35.4. The van der Waals surface area contributed by atoms with Crippen LogP contribution in [0.5, 0.6) is 17.4 Å². The van der Waals surface area contributed by atoms with Crippen LogP contribution in [0.15, 0.2) is 192 Å². The van der Waals surface area contributed by atoms with Crippen LogP contribution in [-0.4, -0.2) is 149 Å². The van der Waals surface area contributed by atoms with Gasteiger partial charge in [-0.15, -0.1) is 0 Å². The van der Waals surface area contributed by atoms with Gasteiger partial charge >= 0.3 is 7.12 Å². The van der Waals surface area contributed by atoms with Crippen LogP contribution in [0.3, 0.4) is 0 Å². The Hall–Kier alpha value is -9.93. The molecule has 10 aromatic rings. The minimum atomic E-state index is -0.465. The van der Waals surface area contributed by atoms with Crippen molar-refractivity contribution >= 4 is 117 Å². The van der Waals surface area contributed by atoms with Gasteiger partial charge < -0.3 is 49.4 Å². The number of carbonyl (C=O) groups is 4. The standard InChI is InChI=1S/C25H24N4O2S.C13H22BNO3.C13H10N2OS.C12H15FN2O.C12H13FN2O.C5H3BrFN/c1-17(30)29-15-12-18(13-16-29)21-5-4-14-26-24(21)31-20-10-8-19(9-11-20)27-25-28-22-6-2-3-7-23(22)32-25;1-10(16)15-8-6-11(7-9-15)14-17-12(2,3)13(4,5)18-14;16-10-7-5-9(6-8-10)14-13-15-11-3-1-2-4-12(11)17-13;2*1-9(16)15-7-4-10(5-8-15)11-3-2-6-14-12(11)13;6-4-2-1-3-8-5(4)7/h2-11,14,18H,12-13,15-16H2,1H3,(H,27,28);6H,7-9H2,1-5H3;1-8,16H,(H,14,15);2-3,6,10H,4-5,7-8H2,1H3;2-4,6H,5,7-8H2,1H3;1-3H. The number of phenolic OH excluding ortho intramolecular Hbond substituents is 1. The molecule has 11 heterocycles. The normalized spacial score (nSPS) is 16.1. The number of amides is 4. The van der Waals surface area contributed by atoms with Crippen molar-refractivity contribution in [2.75, 3.05) is 63.0 Å². The maximum atomic E-state index is 13.4. The molecule has 27 heteroatoms. The first-order valence-corrected chi connectivity index (χ1v) is 37.8. The molecule has 3 N–H and O–H groups in total. The number of piperidine rings is 2. The number of para-hydroxylation sites is 2. The average Bonchev–Trinajstić information content (AvgIpc) is 1.62. The van der Waals surface area contributed by atoms with E-state index in [-0.39, 0.29) is 59.6 Å². The molecule has 20 nitrogen and oxygen atoms in total. The Morgan fingerprint density at radius 3 is 1.42 bits per heavy atom. The van der Waals surface area contributed by atoms with Crippen molar-refractivity contribution in [2.45, 2.75) is 117 Å². The number of nitrogens with one attached hydrogen (secondary N) is 2. The van der Waals surface area contributed by atoms with E-state index in [0.717, 1.165) is 116 Å². The number of nitrogens with zero attached hydrogens (tertiary/aromatic N) is 10. The average molecular weight is 1560 g/mol. The molecular weight excluding hydrogens is 1470 g/mol. The fourth-order valence-corrected chi connectivity index (χ4v) is 14.3. The van der Waals surface area contributed by atoms with Gasteiger partial charge in [0.05, 0.1) is 36.1 Å². The van der Waals surface area contributed by atoms with Crippen molar-refractivity contribution in [1.29, 1.82) is 0 Å². The number of pyridine rings is 4. The van der Waals surface area contributed by atoms with Crippen molar-refractivity contribution in [3.63, 3.8) is 0 Å². The number of rotatable bonds is 10. The summed E-state index contributed by atoms with van der Waals surface area (Å²) in [7, 11) is -0.260. The second kappa shape index (κ2) is 37.6. The highest BCUT2D eigenvalue weighted by atomic mass is 79.9. The van der Waals surface area contributed by atoms with Crippen molar-refractivity contribution in [1.82, 2.24) is 49.5 Å². The van der Waals surface area contributed by atoms with Gasteiger partial charge in [-0.3, -0.25) is 19.2 Å². The first kappa shape index (κ1) is 79.6. The molecule has 0 unspecified atom stereocenters. The molecule has 0 bridgehead atoms. The zero-order valence-electron chi connectivity index (χ0n) is 61.1. The molecule has 0 spiro atoms. The zero-order valence-corrected chi connectivity index (χ0v) is 64.3. The third kappa shape index (κ3) is 22.3. The third-order valence-electron chi connectivity index (χ3n) is 19.1. The Bertz CT molecular complexity index is 4630. The van der Waals surface area contributed by atoms with Gasteiger partial charge in [-0.05, 0) is 214 Å². The molecule has 4 amide bonds. The first-order chi connectivity index (χ1) is 51.4. The lowest BCUT2D eigenvalue weighted by molar-refractivity contribution is -0.130. The third-order valence-corrected chi connectivity index (χ3v) is 21.6. The second-order valence-electron chi connectivity index (χ2n) is 26.9. The summed E-state index contributed by atoms with van der Waals surface area (Å²) in [5.74, 6) is 1.33. The van der Waals surface area contributed by atoms with Crippen molar-refractivity contribution < 1.29 is 51.5 Å². The number of carbonyl (C=O) groups excluding carboxylic acids is 4. The number of phenols is 1. The summed E-state index contributed by atoms with van der Waals surface area (Å²) >= 11 is 6.20. The van der Waals surface area contributed by atoms with Crippen LogP contribution in [0.1, 0.15) is 122 Å². The lowest BCUT2D eigenvalue weighted by Crippen LogP contribution is -2.41. The van der Waals surface area contributed by atoms with Gasteiger partial charge in [0.15, 0.2) is 10.3 Å². The van der Waals surface area contributed by atoms with Gasteiger partial charge in [0.1, 0.15) is 11.5 Å². The molecule has 558 valence electrons. The van der Waals surface area contributed by atoms with E-state index in [1.165, 1.54) is 18.6 Å². The number of anilines is 4. The van der Waals surface area contributed by atoms with Crippen LogP contribution >= 0.6 is 38.6 Å². The van der Waals surface area contributed by atoms with Crippen molar-refractivity contribution in [3.8, 4) is 17.4 Å². The fourth-order valence-electron chi connectivity index (χ4n) is 12.2. The quantitative estimate of drug-likeness (QED) is 0.0656. The van der Waals surface area contributed by atoms with Gasteiger partial charge in [-0.25, -0.2) is 29.9 Å². The van der Waals surface area contributed by atoms with E-state index in [1.807, 2.05) is 99.6 Å². The topological polar surface area (TPSA) is 231 Å². The number of ether oxygens (including phenoxy) is 1. The van der Waals surface area contributed by atoms with Gasteiger partial charge in [0.25, 0.3) is 0 Å². The summed E-state index contributed by atoms with van der Waals surface area (Å²) in [6, 6.07) is 45.2. The highest BCUT2D eigenvalue weighted by Gasteiger charge is 2.52. The Morgan fingerprint density at radius 1 is 0.523 bits per heavy atom. The van der Waals surface area contributed by atoms with Gasteiger partial charge in [0.2, 0.25) is 47.4 Å². The molecule has 0 atom stereocenters. The van der Waals surface area contributed by atoms with Gasteiger partial charge in [-0.1, -0.05) is 71.2 Å². The van der Waals surface area contributed by atoms with Crippen molar-refractivity contribution in [2.24, 2.45) is 0 Å². The Kier molecular flexibility index (Phi) is 27.9. The van der Waals surface area contributed by atoms with Gasteiger partial charge in [-0.2, -0.15) is 13.2 Å². The smallest absolute Gasteiger partial charge is 0.490 e. The minimum Gasteiger partial charge on any atom is -0.508 e. The number of hydrogen-bond donors (Lipinski definition) is 3. The SMILES string of the molecule is CC(=O)N1CC=C(B2OC(C)(C)C(C)(C)O2)CC1.CC(=O)N1CC=C(c2cccnc2F)CC1.CC(=O)N1CCC(c2cccnc2F)CC1.CC(=O)N1CCC(c2cccnc2Oc2ccc(Nc3nc4ccccc4s3)cc2)CC1.Fc1ncccc1Br.Oc1ccc(Nc2nc3ccccc3s2)cc1. The molecule has 3 fully saturated rings. The molecular formula is C80H87BBrF3N12O8S2. The van der Waals surface area contributed by atoms with E-state index in [2.05, 4.69) is 108 Å². The number of benzene rings is 4. The largest absolute Gasteiger partial charge is 0.508 e. The Balaban J connectivity index is 0.000000143. The lowest BCUT2D eigenvalue weighted by Gasteiger charge is -2.32. The van der Waals surface area contributed by atoms with E-state index in [0.29, 0.717) is 66.5 Å². The van der Waals surface area contributed by atoms with Crippen LogP contribution in [0.25, 0.3) is 26.0 Å². The maximum absolute atomic E-state index is 13.4. The Labute approximate surface area is 638 Å². The molecule has 0 radical (unpaired) electrons. The van der Waals surface area contributed by atoms with Crippen molar-refractivity contribution in [3.05, 3.63) is 227 Å². The maximum Gasteiger partial charge on any atom is 0.490 e. The summed E-state index contributed by atoms with van der Waals surface area (Å²) < 4.78 is 59.9. The van der Waals surface area contributed by atoms with Crippen LogP contribution < -0.4 is 15.4 Å². The van der Waals surface area contributed by atoms with E-state index < -0.39 is 11.9 Å². The predicted molar refractivity (Wildman–Crippen MR) is 419 cm³/mol. The summed E-state index contributed by atoms with van der Waals surface area (Å²) in [6.07, 6.45) is 15.0. The summed E-state index contributed by atoms with van der Waals surface area (Å²) in [6.45, 7) is 20.2. The number of aromatic hydroxyl groups is 1. The summed E-state index contributed by atoms with van der Waals surface area (Å²) in [5, 5.41) is 17.5. The molecule has 15 rings (SSSR count). The minimum absolute atomic E-state index is 0.0574. The molecule has 0 aliphatic carbocycles. The summed E-state index contributed by atoms with van der Waals surface area (Å²) in [4.78, 5) is 76.7. The molecule has 5 aliphatic heterocycles. The van der Waals surface area contributed by atoms with Gasteiger partial charge in [0, 0.05) is 133 Å². The monoisotopic (exact) mass is 1550 g/mol. The highest BCUT2D eigenvalue weighted by molar-refractivity contribution is 9.10. The number of hydrogen-bond acceptors (Lipinski definition) is 18. The Morgan fingerprint density at radius 2 is 0.972 bits per heavy atom. The number of aromatic nitrogens is 6. The van der Waals surface area contributed by atoms with Crippen LogP contribution in [0.2, 0.25) is 0 Å². The van der Waals surface area contributed by atoms with E-state index in [4.69, 9.17) is 14.0 Å². The van der Waals surface area contributed by atoms with E-state index in [9.17, 15) is 37.5 Å². The zero-order chi connectivity index (χ0) is 76.2. The molecule has 6 aromatic heterocycles. The van der Waals surface area contributed by atoms with Crippen LogP contribution in [-0.2, 0) is 28.5 Å². The number of halogens is 4. The molecule has 4 aromatic carbocycles. The number of thiazole rings is 2. The molecule has 107 heavy (non-hydrogen) atoms. The van der Waals surface area contributed by atoms with Crippen LogP contribution in [0, 0.1) is 17.8 Å². The lowest BCUT2D eigenvalue weighted by atomic mass is 9.75. The fraction of sp³-hybridized carbons (Fsp3) is 0.325. The second-order valence-corrected chi connectivity index (χ2v) is 29.8. The highest BCUT2D eigenvalue weighted by Crippen LogP contribution is 2.41. The molecule has 5 aliphatic rings. The van der Waals surface area contributed by atoms with E-state index >= 15 is 0 Å². The molecule has 0 saturated carbocycles. The predicted octanol–water partition coefficient (Wildman–Crippen LogP) is 17.3. The van der Waals surface area contributed by atoms with E-state index in [1.54, 1.807) is 110 Å². The number of fused-ring (bicyclic) bond motifs is 2. The molecule has 3 saturated heterocycles. The summed E-state index contributed by atoms with van der Waals surface area (Å²) in [5.41, 5.74) is 7.71. The van der Waals surface area contributed by atoms with Crippen LogP contribution in [0.4, 0.5) is 34.8 Å². The number of likely N-dealkylation sites (tertiary alicyclic amines) is 2.